The largest absolute Gasteiger partial charge is 0.380 e. The summed E-state index contributed by atoms with van der Waals surface area (Å²) >= 11 is 0. The van der Waals surface area contributed by atoms with Gasteiger partial charge in [0, 0.05) is 18.3 Å². The van der Waals surface area contributed by atoms with Crippen molar-refractivity contribution >= 4 is 5.69 Å². The van der Waals surface area contributed by atoms with Gasteiger partial charge in [-0.2, -0.15) is 0 Å². The van der Waals surface area contributed by atoms with Crippen molar-refractivity contribution < 1.29 is 4.74 Å². The van der Waals surface area contributed by atoms with Crippen LogP contribution in [-0.2, 0) is 4.74 Å². The maximum atomic E-state index is 5.48. The molecule has 2 heteroatoms. The maximum absolute atomic E-state index is 5.48. The van der Waals surface area contributed by atoms with Crippen molar-refractivity contribution in [3.63, 3.8) is 0 Å². The van der Waals surface area contributed by atoms with Gasteiger partial charge in [0.1, 0.15) is 0 Å². The van der Waals surface area contributed by atoms with Crippen LogP contribution in [0.4, 0.5) is 5.69 Å². The van der Waals surface area contributed by atoms with Crippen LogP contribution in [0.3, 0.4) is 0 Å². The summed E-state index contributed by atoms with van der Waals surface area (Å²) in [6, 6.07) is 19.5. The lowest BCUT2D eigenvalue weighted by Gasteiger charge is -2.24. The molecule has 1 heterocycles. The molecule has 0 bridgehead atoms. The summed E-state index contributed by atoms with van der Waals surface area (Å²) in [5.41, 5.74) is 3.69. The molecule has 3 rings (SSSR count). The predicted octanol–water partition coefficient (Wildman–Crippen LogP) is 3.94. The SMILES string of the molecule is c1ccc(-c2ccc(NC3CCCOC3)cc2)cc1. The molecule has 2 nitrogen and oxygen atoms in total. The van der Waals surface area contributed by atoms with E-state index in [1.807, 2.05) is 6.07 Å². The number of benzene rings is 2. The van der Waals surface area contributed by atoms with Crippen molar-refractivity contribution in [1.82, 2.24) is 0 Å². The topological polar surface area (TPSA) is 21.3 Å². The van der Waals surface area contributed by atoms with E-state index < -0.39 is 0 Å². The molecule has 0 radical (unpaired) electrons. The summed E-state index contributed by atoms with van der Waals surface area (Å²) in [6.45, 7) is 1.73. The zero-order valence-corrected chi connectivity index (χ0v) is 11.0. The van der Waals surface area contributed by atoms with Crippen molar-refractivity contribution in [2.75, 3.05) is 18.5 Å². The fourth-order valence-corrected chi connectivity index (χ4v) is 2.48. The summed E-state index contributed by atoms with van der Waals surface area (Å²) in [5, 5.41) is 3.53. The van der Waals surface area contributed by atoms with Crippen LogP contribution in [0.15, 0.2) is 54.6 Å². The zero-order chi connectivity index (χ0) is 12.9. The van der Waals surface area contributed by atoms with Crippen molar-refractivity contribution in [3.8, 4) is 11.1 Å². The van der Waals surface area contributed by atoms with E-state index in [0.717, 1.165) is 19.6 Å². The summed E-state index contributed by atoms with van der Waals surface area (Å²) in [5.74, 6) is 0. The van der Waals surface area contributed by atoms with E-state index in [2.05, 4.69) is 53.8 Å². The van der Waals surface area contributed by atoms with Gasteiger partial charge in [-0.15, -0.1) is 0 Å². The highest BCUT2D eigenvalue weighted by Crippen LogP contribution is 2.22. The lowest BCUT2D eigenvalue weighted by Crippen LogP contribution is -2.29. The van der Waals surface area contributed by atoms with E-state index in [0.29, 0.717) is 6.04 Å². The van der Waals surface area contributed by atoms with Gasteiger partial charge >= 0.3 is 0 Å². The van der Waals surface area contributed by atoms with Gasteiger partial charge < -0.3 is 10.1 Å². The van der Waals surface area contributed by atoms with Crippen LogP contribution >= 0.6 is 0 Å². The van der Waals surface area contributed by atoms with Gasteiger partial charge in [0.15, 0.2) is 0 Å². The molecule has 1 aliphatic heterocycles. The first-order chi connectivity index (χ1) is 9.42. The van der Waals surface area contributed by atoms with Crippen molar-refractivity contribution in [2.45, 2.75) is 18.9 Å². The van der Waals surface area contributed by atoms with Gasteiger partial charge in [0.25, 0.3) is 0 Å². The molecule has 1 unspecified atom stereocenters. The summed E-state index contributed by atoms with van der Waals surface area (Å²) < 4.78 is 5.48. The van der Waals surface area contributed by atoms with Crippen LogP contribution in [0.1, 0.15) is 12.8 Å². The third kappa shape index (κ3) is 3.15. The van der Waals surface area contributed by atoms with Crippen molar-refractivity contribution in [1.29, 1.82) is 0 Å². The number of ether oxygens (including phenoxy) is 1. The van der Waals surface area contributed by atoms with Gasteiger partial charge in [-0.05, 0) is 36.1 Å². The summed E-state index contributed by atoms with van der Waals surface area (Å²) in [6.07, 6.45) is 2.35. The van der Waals surface area contributed by atoms with E-state index in [4.69, 9.17) is 4.74 Å². The van der Waals surface area contributed by atoms with Crippen molar-refractivity contribution in [3.05, 3.63) is 54.6 Å². The molecule has 2 aromatic rings. The molecule has 1 N–H and O–H groups in total. The van der Waals surface area contributed by atoms with Crippen molar-refractivity contribution in [2.24, 2.45) is 0 Å². The van der Waals surface area contributed by atoms with Crippen LogP contribution < -0.4 is 5.32 Å². The minimum absolute atomic E-state index is 0.455. The second kappa shape index (κ2) is 5.89. The highest BCUT2D eigenvalue weighted by atomic mass is 16.5. The summed E-state index contributed by atoms with van der Waals surface area (Å²) in [7, 11) is 0. The number of anilines is 1. The molecule has 1 fully saturated rings. The van der Waals surface area contributed by atoms with Crippen LogP contribution in [0.5, 0.6) is 0 Å². The second-order valence-electron chi connectivity index (χ2n) is 5.00. The van der Waals surface area contributed by atoms with Crippen LogP contribution in [0.2, 0.25) is 0 Å². The molecular formula is C17H19NO. The van der Waals surface area contributed by atoms with Gasteiger partial charge in [0.2, 0.25) is 0 Å². The maximum Gasteiger partial charge on any atom is 0.0667 e. The molecule has 0 saturated carbocycles. The number of hydrogen-bond acceptors (Lipinski definition) is 2. The Morgan fingerprint density at radius 1 is 0.895 bits per heavy atom. The standard InChI is InChI=1S/C17H19NO/c1-2-5-14(6-3-1)15-8-10-16(11-9-15)18-17-7-4-12-19-13-17/h1-3,5-6,8-11,17-18H,4,7,12-13H2. The molecule has 0 aliphatic carbocycles. The smallest absolute Gasteiger partial charge is 0.0667 e. The third-order valence-corrected chi connectivity index (χ3v) is 3.52. The van der Waals surface area contributed by atoms with Crippen LogP contribution in [0.25, 0.3) is 11.1 Å². The average Bonchev–Trinajstić information content (AvgIpc) is 2.50. The fourth-order valence-electron chi connectivity index (χ4n) is 2.48. The molecule has 19 heavy (non-hydrogen) atoms. The van der Waals surface area contributed by atoms with Gasteiger partial charge in [-0.1, -0.05) is 42.5 Å². The number of hydrogen-bond donors (Lipinski definition) is 1. The monoisotopic (exact) mass is 253 g/mol. The quantitative estimate of drug-likeness (QED) is 0.894. The van der Waals surface area contributed by atoms with Crippen LogP contribution in [0, 0.1) is 0 Å². The van der Waals surface area contributed by atoms with Gasteiger partial charge in [-0.25, -0.2) is 0 Å². The highest BCUT2D eigenvalue weighted by Gasteiger charge is 2.13. The predicted molar refractivity (Wildman–Crippen MR) is 79.3 cm³/mol. The first kappa shape index (κ1) is 12.2. The Balaban J connectivity index is 1.68. The highest BCUT2D eigenvalue weighted by molar-refractivity contribution is 5.65. The molecule has 98 valence electrons. The molecule has 0 amide bonds. The van der Waals surface area contributed by atoms with E-state index in [9.17, 15) is 0 Å². The molecule has 0 aromatic heterocycles. The minimum Gasteiger partial charge on any atom is -0.380 e. The van der Waals surface area contributed by atoms with Gasteiger partial charge in [0.05, 0.1) is 6.61 Å². The first-order valence-corrected chi connectivity index (χ1v) is 6.91. The minimum atomic E-state index is 0.455. The van der Waals surface area contributed by atoms with Crippen LogP contribution in [-0.4, -0.2) is 19.3 Å². The Kier molecular flexibility index (Phi) is 3.80. The lowest BCUT2D eigenvalue weighted by molar-refractivity contribution is 0.0876. The lowest BCUT2D eigenvalue weighted by atomic mass is 10.1. The average molecular weight is 253 g/mol. The molecular weight excluding hydrogens is 234 g/mol. The second-order valence-corrected chi connectivity index (χ2v) is 5.00. The molecule has 1 saturated heterocycles. The normalized spacial score (nSPS) is 19.1. The van der Waals surface area contributed by atoms with Gasteiger partial charge in [-0.3, -0.25) is 0 Å². The van der Waals surface area contributed by atoms with E-state index in [-0.39, 0.29) is 0 Å². The number of nitrogens with one attached hydrogen (secondary N) is 1. The Labute approximate surface area is 114 Å². The Hall–Kier alpha value is -1.80. The number of rotatable bonds is 3. The fraction of sp³-hybridized carbons (Fsp3) is 0.294. The Morgan fingerprint density at radius 2 is 1.63 bits per heavy atom. The summed E-state index contributed by atoms with van der Waals surface area (Å²) in [4.78, 5) is 0. The Bertz CT molecular complexity index is 501. The first-order valence-electron chi connectivity index (χ1n) is 6.91. The molecule has 2 aromatic carbocycles. The Morgan fingerprint density at radius 3 is 2.32 bits per heavy atom. The van der Waals surface area contributed by atoms with E-state index in [1.165, 1.54) is 23.2 Å². The molecule has 1 atom stereocenters. The third-order valence-electron chi connectivity index (χ3n) is 3.52. The molecule has 0 spiro atoms. The zero-order valence-electron chi connectivity index (χ0n) is 11.0. The van der Waals surface area contributed by atoms with E-state index >= 15 is 0 Å². The van der Waals surface area contributed by atoms with E-state index in [1.54, 1.807) is 0 Å². The molecule has 1 aliphatic rings.